The first-order chi connectivity index (χ1) is 24.0. The predicted molar refractivity (Wildman–Crippen MR) is 207 cm³/mol. The maximum absolute atomic E-state index is 2.55. The minimum absolute atomic E-state index is 0.215. The Morgan fingerprint density at radius 1 is 0.551 bits per heavy atom. The van der Waals surface area contributed by atoms with Gasteiger partial charge in [0.2, 0.25) is 0 Å². The van der Waals surface area contributed by atoms with E-state index in [1.54, 1.807) is 0 Å². The summed E-state index contributed by atoms with van der Waals surface area (Å²) in [6.45, 7) is 7.16. The Labute approximate surface area is 286 Å². The summed E-state index contributed by atoms with van der Waals surface area (Å²) in [5, 5.41) is 5.20. The summed E-state index contributed by atoms with van der Waals surface area (Å²) in [6, 6.07) is 49.5. The van der Waals surface area contributed by atoms with E-state index in [0.29, 0.717) is 5.92 Å². The Morgan fingerprint density at radius 3 is 1.96 bits per heavy atom. The second-order valence-electron chi connectivity index (χ2n) is 14.2. The molecular weight excluding hydrogens is 595 g/mol. The lowest BCUT2D eigenvalue weighted by Crippen LogP contribution is -2.35. The largest absolute Gasteiger partial charge is 0.334 e. The summed E-state index contributed by atoms with van der Waals surface area (Å²) < 4.78 is 5.03. The molecule has 2 unspecified atom stereocenters. The molecule has 0 saturated carbocycles. The van der Waals surface area contributed by atoms with Crippen LogP contribution in [0.3, 0.4) is 0 Å². The third-order valence-electron chi connectivity index (χ3n) is 11.1. The van der Waals surface area contributed by atoms with Crippen LogP contribution in [0.1, 0.15) is 31.9 Å². The number of allylic oxidation sites excluding steroid dienone is 2. The van der Waals surface area contributed by atoms with Crippen LogP contribution in [-0.2, 0) is 5.41 Å². The Kier molecular flexibility index (Phi) is 5.96. The fourth-order valence-electron chi connectivity index (χ4n) is 8.80. The Hall–Kier alpha value is -5.80. The predicted octanol–water partition coefficient (Wildman–Crippen LogP) is 11.8. The first-order valence-corrected chi connectivity index (χ1v) is 17.4. The molecule has 0 fully saturated rings. The van der Waals surface area contributed by atoms with Crippen molar-refractivity contribution < 1.29 is 0 Å². The molecule has 0 bridgehead atoms. The van der Waals surface area contributed by atoms with Gasteiger partial charge in [-0.3, -0.25) is 0 Å². The first-order valence-electron chi connectivity index (χ1n) is 17.4. The summed E-state index contributed by atoms with van der Waals surface area (Å²) >= 11 is 0. The van der Waals surface area contributed by atoms with Gasteiger partial charge in [-0.05, 0) is 77.7 Å². The highest BCUT2D eigenvalue weighted by Gasteiger charge is 2.38. The molecule has 1 aliphatic heterocycles. The molecule has 49 heavy (non-hydrogen) atoms. The van der Waals surface area contributed by atoms with Crippen LogP contribution in [0, 0.1) is 5.92 Å². The number of para-hydroxylation sites is 4. The average molecular weight is 632 g/mol. The molecule has 3 heteroatoms. The molecule has 2 aliphatic rings. The molecule has 10 rings (SSSR count). The van der Waals surface area contributed by atoms with Gasteiger partial charge in [-0.15, -0.1) is 0 Å². The van der Waals surface area contributed by atoms with Gasteiger partial charge < -0.3 is 14.0 Å². The molecule has 3 heterocycles. The zero-order chi connectivity index (χ0) is 32.9. The Balaban J connectivity index is 1.31. The number of aromatic nitrogens is 2. The molecule has 2 atom stereocenters. The lowest BCUT2D eigenvalue weighted by Gasteiger charge is -2.39. The summed E-state index contributed by atoms with van der Waals surface area (Å²) in [7, 11) is 0. The van der Waals surface area contributed by atoms with Crippen LogP contribution in [0.2, 0.25) is 0 Å². The van der Waals surface area contributed by atoms with Crippen molar-refractivity contribution in [1.29, 1.82) is 0 Å². The fourth-order valence-corrected chi connectivity index (χ4v) is 8.80. The van der Waals surface area contributed by atoms with Gasteiger partial charge in [0.05, 0.1) is 33.8 Å². The van der Waals surface area contributed by atoms with Crippen molar-refractivity contribution in [3.63, 3.8) is 0 Å². The number of rotatable bonds is 4. The average Bonchev–Trinajstić information content (AvgIpc) is 3.66. The third kappa shape index (κ3) is 3.90. The van der Waals surface area contributed by atoms with Crippen LogP contribution in [-0.4, -0.2) is 15.2 Å². The summed E-state index contributed by atoms with van der Waals surface area (Å²) in [4.78, 5) is 2.52. The maximum Gasteiger partial charge on any atom is 0.0641 e. The van der Waals surface area contributed by atoms with Crippen LogP contribution in [0.5, 0.6) is 0 Å². The molecule has 0 spiro atoms. The highest BCUT2D eigenvalue weighted by Crippen LogP contribution is 2.52. The maximum atomic E-state index is 2.55. The standard InChI is InChI=1S/C46H37N3/c1-30-16-10-13-23-39(30)47(31-17-6-4-7-18-31)33-26-27-42-37(28-33)46(2,3)38-29-36-34-21-11-14-24-40(34)48(32-19-8-5-9-20-32)44(36)43-35-22-12-15-25-41(35)49(42)45(38)43/h4-30,39H,1-3H3. The van der Waals surface area contributed by atoms with E-state index in [1.165, 1.54) is 77.5 Å². The van der Waals surface area contributed by atoms with Gasteiger partial charge in [0.25, 0.3) is 0 Å². The van der Waals surface area contributed by atoms with Crippen LogP contribution >= 0.6 is 0 Å². The van der Waals surface area contributed by atoms with Gasteiger partial charge in [0.1, 0.15) is 0 Å². The molecule has 0 amide bonds. The van der Waals surface area contributed by atoms with Gasteiger partial charge in [-0.2, -0.15) is 0 Å². The van der Waals surface area contributed by atoms with Crippen molar-refractivity contribution in [2.24, 2.45) is 5.92 Å². The molecular formula is C46H37N3. The minimum atomic E-state index is -0.256. The van der Waals surface area contributed by atoms with Crippen LogP contribution in [0.25, 0.3) is 55.0 Å². The van der Waals surface area contributed by atoms with E-state index in [2.05, 4.69) is 193 Å². The highest BCUT2D eigenvalue weighted by atomic mass is 15.2. The van der Waals surface area contributed by atoms with E-state index >= 15 is 0 Å². The van der Waals surface area contributed by atoms with Gasteiger partial charge in [-0.1, -0.05) is 118 Å². The van der Waals surface area contributed by atoms with Crippen molar-refractivity contribution in [1.82, 2.24) is 9.13 Å². The number of hydrogen-bond acceptors (Lipinski definition) is 1. The number of benzene rings is 6. The molecule has 0 radical (unpaired) electrons. The lowest BCUT2D eigenvalue weighted by atomic mass is 9.74. The van der Waals surface area contributed by atoms with Crippen LogP contribution in [0.4, 0.5) is 11.4 Å². The van der Waals surface area contributed by atoms with Gasteiger partial charge >= 0.3 is 0 Å². The number of nitrogens with zero attached hydrogens (tertiary/aromatic N) is 3. The van der Waals surface area contributed by atoms with Crippen molar-refractivity contribution >= 4 is 55.0 Å². The second-order valence-corrected chi connectivity index (χ2v) is 14.2. The van der Waals surface area contributed by atoms with Gasteiger partial charge in [-0.25, -0.2) is 0 Å². The van der Waals surface area contributed by atoms with E-state index in [9.17, 15) is 0 Å². The number of hydrogen-bond donors (Lipinski definition) is 0. The smallest absolute Gasteiger partial charge is 0.0641 e. The molecule has 8 aromatic rings. The number of anilines is 2. The van der Waals surface area contributed by atoms with E-state index < -0.39 is 0 Å². The molecule has 2 aromatic heterocycles. The summed E-state index contributed by atoms with van der Waals surface area (Å²) in [5.74, 6) is 0.373. The second kappa shape index (κ2) is 10.3. The van der Waals surface area contributed by atoms with E-state index in [0.717, 1.165) is 0 Å². The summed E-state index contributed by atoms with van der Waals surface area (Å²) in [6.07, 6.45) is 9.03. The van der Waals surface area contributed by atoms with E-state index in [1.807, 2.05) is 0 Å². The SMILES string of the molecule is CC1C=CC=CC1N(c1ccccc1)c1ccc2c(c1)C(C)(C)c1cc3c4ccccc4n(-c4ccccc4)c3c3c4ccccc4n-2c13. The van der Waals surface area contributed by atoms with Crippen molar-refractivity contribution in [2.75, 3.05) is 4.90 Å². The molecule has 236 valence electrons. The normalized spacial score (nSPS) is 17.7. The zero-order valence-electron chi connectivity index (χ0n) is 28.0. The van der Waals surface area contributed by atoms with Crippen molar-refractivity contribution in [3.05, 3.63) is 169 Å². The van der Waals surface area contributed by atoms with Crippen LogP contribution in [0.15, 0.2) is 158 Å². The molecule has 0 N–H and O–H groups in total. The van der Waals surface area contributed by atoms with E-state index in [-0.39, 0.29) is 11.5 Å². The third-order valence-corrected chi connectivity index (χ3v) is 11.1. The van der Waals surface area contributed by atoms with Gasteiger partial charge in [0, 0.05) is 44.0 Å². The molecule has 1 aliphatic carbocycles. The summed E-state index contributed by atoms with van der Waals surface area (Å²) in [5.41, 5.74) is 12.4. The van der Waals surface area contributed by atoms with Crippen molar-refractivity contribution in [3.8, 4) is 11.4 Å². The lowest BCUT2D eigenvalue weighted by molar-refractivity contribution is 0.605. The van der Waals surface area contributed by atoms with Crippen molar-refractivity contribution in [2.45, 2.75) is 32.2 Å². The highest BCUT2D eigenvalue weighted by molar-refractivity contribution is 6.27. The van der Waals surface area contributed by atoms with Crippen LogP contribution < -0.4 is 4.90 Å². The fraction of sp³-hybridized carbons (Fsp3) is 0.130. The quantitative estimate of drug-likeness (QED) is 0.188. The topological polar surface area (TPSA) is 13.1 Å². The molecule has 0 saturated heterocycles. The Morgan fingerprint density at radius 2 is 1.20 bits per heavy atom. The number of fused-ring (bicyclic) bond motifs is 9. The first kappa shape index (κ1) is 28.2. The van der Waals surface area contributed by atoms with Gasteiger partial charge in [0.15, 0.2) is 0 Å². The van der Waals surface area contributed by atoms with E-state index in [4.69, 9.17) is 0 Å². The Bertz CT molecular complexity index is 2650. The zero-order valence-corrected chi connectivity index (χ0v) is 28.0. The molecule has 3 nitrogen and oxygen atoms in total. The minimum Gasteiger partial charge on any atom is -0.334 e. The molecule has 6 aromatic carbocycles. The monoisotopic (exact) mass is 631 g/mol.